The summed E-state index contributed by atoms with van der Waals surface area (Å²) in [5.41, 5.74) is 2.90. The summed E-state index contributed by atoms with van der Waals surface area (Å²) in [5.74, 6) is -2.21. The van der Waals surface area contributed by atoms with Gasteiger partial charge in [0.1, 0.15) is 11.6 Å². The van der Waals surface area contributed by atoms with E-state index in [1.807, 2.05) is 0 Å². The zero-order valence-corrected chi connectivity index (χ0v) is 14.2. The Balaban J connectivity index is 1.62. The van der Waals surface area contributed by atoms with Gasteiger partial charge in [0, 0.05) is 16.7 Å². The van der Waals surface area contributed by atoms with Crippen molar-refractivity contribution in [2.45, 2.75) is 6.23 Å². The van der Waals surface area contributed by atoms with Crippen LogP contribution >= 0.6 is 0 Å². The van der Waals surface area contributed by atoms with Crippen LogP contribution in [0.4, 0.5) is 14.5 Å². The van der Waals surface area contributed by atoms with E-state index in [0.29, 0.717) is 17.0 Å². The first-order valence-electron chi connectivity index (χ1n) is 8.27. The lowest BCUT2D eigenvalue weighted by Gasteiger charge is -2.14. The molecule has 1 unspecified atom stereocenters. The molecule has 0 spiro atoms. The molecule has 0 aromatic heterocycles. The molecule has 142 valence electrons. The molecule has 1 amide bonds. The van der Waals surface area contributed by atoms with Crippen molar-refractivity contribution in [1.29, 1.82) is 0 Å². The van der Waals surface area contributed by atoms with Crippen molar-refractivity contribution in [1.82, 2.24) is 5.48 Å². The Morgan fingerprint density at radius 2 is 1.89 bits per heavy atom. The van der Waals surface area contributed by atoms with Crippen LogP contribution < -0.4 is 15.5 Å². The fourth-order valence-electron chi connectivity index (χ4n) is 3.05. The van der Waals surface area contributed by atoms with Crippen LogP contribution in [0.1, 0.15) is 22.1 Å². The predicted octanol–water partition coefficient (Wildman–Crippen LogP) is 3.96. The van der Waals surface area contributed by atoms with Crippen molar-refractivity contribution in [3.05, 3.63) is 77.4 Å². The standard InChI is InChI=1S/C20H14F2N2O4/c21-14-3-1-2-12(18(14)25)10-4-6-13(15(22)8-10)20-23-16-9-11(19(26)24-27)5-7-17(16)28-20/h1-9,20,23,25,27H,(H,24,26). The molecular weight excluding hydrogens is 370 g/mol. The minimum absolute atomic E-state index is 0.175. The lowest BCUT2D eigenvalue weighted by atomic mass is 10.0. The lowest BCUT2D eigenvalue weighted by Crippen LogP contribution is -2.18. The number of benzene rings is 3. The molecule has 1 aliphatic rings. The van der Waals surface area contributed by atoms with Crippen LogP contribution in [-0.4, -0.2) is 16.2 Å². The molecular formula is C20H14F2N2O4. The molecule has 0 bridgehead atoms. The number of carbonyl (C=O) groups is 1. The number of halogens is 2. The molecule has 0 saturated carbocycles. The highest BCUT2D eigenvalue weighted by molar-refractivity contribution is 5.95. The molecule has 4 N–H and O–H groups in total. The van der Waals surface area contributed by atoms with Gasteiger partial charge in [0.15, 0.2) is 17.8 Å². The van der Waals surface area contributed by atoms with Gasteiger partial charge in [-0.05, 0) is 42.0 Å². The van der Waals surface area contributed by atoms with Crippen molar-refractivity contribution in [2.24, 2.45) is 0 Å². The normalized spacial score (nSPS) is 14.8. The van der Waals surface area contributed by atoms with Crippen LogP contribution in [0.3, 0.4) is 0 Å². The average molecular weight is 384 g/mol. The van der Waals surface area contributed by atoms with E-state index in [-0.39, 0.29) is 16.7 Å². The molecule has 3 aromatic carbocycles. The number of anilines is 1. The van der Waals surface area contributed by atoms with Crippen LogP contribution in [0, 0.1) is 11.6 Å². The molecule has 28 heavy (non-hydrogen) atoms. The highest BCUT2D eigenvalue weighted by Gasteiger charge is 2.27. The van der Waals surface area contributed by atoms with E-state index in [4.69, 9.17) is 9.94 Å². The number of fused-ring (bicyclic) bond motifs is 1. The SMILES string of the molecule is O=C(NO)c1ccc2c(c1)NC(c1ccc(-c3cccc(F)c3O)cc1F)O2. The van der Waals surface area contributed by atoms with Gasteiger partial charge in [-0.25, -0.2) is 14.3 Å². The number of rotatable bonds is 3. The Bertz CT molecular complexity index is 1090. The van der Waals surface area contributed by atoms with Crippen molar-refractivity contribution >= 4 is 11.6 Å². The third kappa shape index (κ3) is 2.99. The maximum absolute atomic E-state index is 14.7. The second kappa shape index (κ2) is 6.82. The fraction of sp³-hybridized carbons (Fsp3) is 0.0500. The summed E-state index contributed by atoms with van der Waals surface area (Å²) in [6.07, 6.45) is -0.836. The minimum atomic E-state index is -0.836. The van der Waals surface area contributed by atoms with Crippen molar-refractivity contribution in [2.75, 3.05) is 5.32 Å². The summed E-state index contributed by atoms with van der Waals surface area (Å²) in [7, 11) is 0. The molecule has 0 radical (unpaired) electrons. The fourth-order valence-corrected chi connectivity index (χ4v) is 3.05. The van der Waals surface area contributed by atoms with Gasteiger partial charge in [-0.15, -0.1) is 0 Å². The minimum Gasteiger partial charge on any atom is -0.504 e. The number of hydroxylamine groups is 1. The topological polar surface area (TPSA) is 90.8 Å². The maximum atomic E-state index is 14.7. The van der Waals surface area contributed by atoms with Crippen LogP contribution in [-0.2, 0) is 0 Å². The Labute approximate surface area is 158 Å². The first-order valence-corrected chi connectivity index (χ1v) is 8.27. The van der Waals surface area contributed by atoms with E-state index in [2.05, 4.69) is 5.32 Å². The zero-order chi connectivity index (χ0) is 19.8. The molecule has 0 fully saturated rings. The molecule has 8 heteroatoms. The average Bonchev–Trinajstić information content (AvgIpc) is 3.12. The third-order valence-electron chi connectivity index (χ3n) is 4.46. The van der Waals surface area contributed by atoms with Crippen LogP contribution in [0.2, 0.25) is 0 Å². The van der Waals surface area contributed by atoms with Crippen LogP contribution in [0.25, 0.3) is 11.1 Å². The number of para-hydroxylation sites is 1. The molecule has 3 aromatic rings. The lowest BCUT2D eigenvalue weighted by molar-refractivity contribution is 0.0706. The van der Waals surface area contributed by atoms with Crippen LogP contribution in [0.15, 0.2) is 54.6 Å². The maximum Gasteiger partial charge on any atom is 0.274 e. The van der Waals surface area contributed by atoms with Gasteiger partial charge in [-0.1, -0.05) is 18.2 Å². The smallest absolute Gasteiger partial charge is 0.274 e. The van der Waals surface area contributed by atoms with Gasteiger partial charge in [0.05, 0.1) is 5.69 Å². The summed E-state index contributed by atoms with van der Waals surface area (Å²) in [6.45, 7) is 0. The summed E-state index contributed by atoms with van der Waals surface area (Å²) in [5, 5.41) is 21.5. The monoisotopic (exact) mass is 384 g/mol. The summed E-state index contributed by atoms with van der Waals surface area (Å²) in [6, 6.07) is 12.7. The number of hydrogen-bond donors (Lipinski definition) is 4. The van der Waals surface area contributed by atoms with Gasteiger partial charge < -0.3 is 15.2 Å². The quantitative estimate of drug-likeness (QED) is 0.405. The molecule has 4 rings (SSSR count). The van der Waals surface area contributed by atoms with Gasteiger partial charge in [0.2, 0.25) is 0 Å². The largest absolute Gasteiger partial charge is 0.504 e. The number of amides is 1. The molecule has 1 atom stereocenters. The number of phenolic OH excluding ortho intramolecular Hbond substituents is 1. The van der Waals surface area contributed by atoms with Gasteiger partial charge in [-0.3, -0.25) is 10.0 Å². The number of nitrogens with one attached hydrogen (secondary N) is 2. The van der Waals surface area contributed by atoms with Gasteiger partial charge in [0.25, 0.3) is 5.91 Å². The Hall–Kier alpha value is -3.65. The molecule has 1 aliphatic heterocycles. The van der Waals surface area contributed by atoms with E-state index in [0.717, 1.165) is 6.07 Å². The van der Waals surface area contributed by atoms with Gasteiger partial charge >= 0.3 is 0 Å². The van der Waals surface area contributed by atoms with Crippen molar-refractivity contribution in [3.8, 4) is 22.6 Å². The van der Waals surface area contributed by atoms with E-state index >= 15 is 0 Å². The Kier molecular flexibility index (Phi) is 4.32. The van der Waals surface area contributed by atoms with E-state index in [1.165, 1.54) is 42.5 Å². The Morgan fingerprint density at radius 1 is 1.07 bits per heavy atom. The zero-order valence-electron chi connectivity index (χ0n) is 14.2. The van der Waals surface area contributed by atoms with Crippen molar-refractivity contribution in [3.63, 3.8) is 0 Å². The summed E-state index contributed by atoms with van der Waals surface area (Å²) in [4.78, 5) is 11.5. The molecule has 0 aliphatic carbocycles. The number of phenols is 1. The van der Waals surface area contributed by atoms with Gasteiger partial charge in [-0.2, -0.15) is 0 Å². The summed E-state index contributed by atoms with van der Waals surface area (Å²) < 4.78 is 33.9. The Morgan fingerprint density at radius 3 is 2.64 bits per heavy atom. The second-order valence-electron chi connectivity index (χ2n) is 6.17. The molecule has 1 heterocycles. The number of ether oxygens (including phenoxy) is 1. The third-order valence-corrected chi connectivity index (χ3v) is 4.46. The highest BCUT2D eigenvalue weighted by atomic mass is 19.1. The predicted molar refractivity (Wildman–Crippen MR) is 96.1 cm³/mol. The second-order valence-corrected chi connectivity index (χ2v) is 6.17. The van der Waals surface area contributed by atoms with Crippen LogP contribution in [0.5, 0.6) is 11.5 Å². The van der Waals surface area contributed by atoms with E-state index < -0.39 is 29.5 Å². The number of carbonyl (C=O) groups excluding carboxylic acids is 1. The first kappa shape index (κ1) is 17.7. The molecule has 0 saturated heterocycles. The highest BCUT2D eigenvalue weighted by Crippen LogP contribution is 2.40. The first-order chi connectivity index (χ1) is 13.5. The number of aromatic hydroxyl groups is 1. The molecule has 6 nitrogen and oxygen atoms in total. The van der Waals surface area contributed by atoms with E-state index in [9.17, 15) is 18.7 Å². The summed E-state index contributed by atoms with van der Waals surface area (Å²) >= 11 is 0. The van der Waals surface area contributed by atoms with E-state index in [1.54, 1.807) is 11.5 Å². The number of hydrogen-bond acceptors (Lipinski definition) is 5. The van der Waals surface area contributed by atoms with Crippen molar-refractivity contribution < 1.29 is 28.6 Å².